The van der Waals surface area contributed by atoms with Crippen LogP contribution in [0.3, 0.4) is 0 Å². The monoisotopic (exact) mass is 263 g/mol. The molecule has 0 amide bonds. The van der Waals surface area contributed by atoms with Crippen LogP contribution in [0.25, 0.3) is 0 Å². The quantitative estimate of drug-likeness (QED) is 0.576. The second kappa shape index (κ2) is 6.94. The fraction of sp³-hybridized carbons (Fsp3) is 0.571. The van der Waals surface area contributed by atoms with Gasteiger partial charge in [0.05, 0.1) is 12.7 Å². The summed E-state index contributed by atoms with van der Waals surface area (Å²) in [4.78, 5) is 0. The van der Waals surface area contributed by atoms with E-state index in [2.05, 4.69) is 6.92 Å². The average Bonchev–Trinajstić information content (AvgIpc) is 2.76. The van der Waals surface area contributed by atoms with Crippen molar-refractivity contribution in [2.24, 2.45) is 5.73 Å². The van der Waals surface area contributed by atoms with E-state index in [1.54, 1.807) is 0 Å². The number of benzene rings is 1. The van der Waals surface area contributed by atoms with Crippen molar-refractivity contribution >= 4 is 12.6 Å². The van der Waals surface area contributed by atoms with Crippen LogP contribution in [-0.2, 0) is 4.65 Å². The Morgan fingerprint density at radius 1 is 1.37 bits per heavy atom. The molecule has 104 valence electrons. The molecule has 1 atom stereocenters. The van der Waals surface area contributed by atoms with Crippen LogP contribution >= 0.6 is 0 Å². The summed E-state index contributed by atoms with van der Waals surface area (Å²) in [6.45, 7) is 3.23. The highest BCUT2D eigenvalue weighted by molar-refractivity contribution is 6.62. The van der Waals surface area contributed by atoms with Gasteiger partial charge in [0.25, 0.3) is 0 Å². The Morgan fingerprint density at radius 2 is 2.21 bits per heavy atom. The Kier molecular flexibility index (Phi) is 5.25. The van der Waals surface area contributed by atoms with Crippen molar-refractivity contribution in [1.82, 2.24) is 0 Å². The number of ether oxygens (including phenoxy) is 1. The molecule has 0 fully saturated rings. The van der Waals surface area contributed by atoms with E-state index in [0.717, 1.165) is 23.2 Å². The Balaban J connectivity index is 2.00. The highest BCUT2D eigenvalue weighted by Gasteiger charge is 2.37. The number of rotatable bonds is 7. The topological polar surface area (TPSA) is 64.7 Å². The minimum absolute atomic E-state index is 0.228. The van der Waals surface area contributed by atoms with Crippen molar-refractivity contribution in [2.75, 3.05) is 13.2 Å². The number of unbranched alkanes of at least 4 members (excludes halogenated alkanes) is 3. The van der Waals surface area contributed by atoms with E-state index in [1.807, 2.05) is 18.2 Å². The molecule has 0 aromatic heterocycles. The van der Waals surface area contributed by atoms with E-state index in [1.165, 1.54) is 19.3 Å². The van der Waals surface area contributed by atoms with Gasteiger partial charge in [0.15, 0.2) is 0 Å². The predicted octanol–water partition coefficient (Wildman–Crippen LogP) is 1.36. The molecular weight excluding hydrogens is 241 g/mol. The van der Waals surface area contributed by atoms with Crippen LogP contribution < -0.4 is 15.9 Å². The van der Waals surface area contributed by atoms with Gasteiger partial charge in [0.1, 0.15) is 5.75 Å². The maximum absolute atomic E-state index is 9.95. The van der Waals surface area contributed by atoms with Crippen molar-refractivity contribution in [3.05, 3.63) is 23.8 Å². The van der Waals surface area contributed by atoms with Crippen molar-refractivity contribution in [2.45, 2.75) is 38.7 Å². The molecule has 0 aliphatic carbocycles. The first kappa shape index (κ1) is 14.4. The van der Waals surface area contributed by atoms with Crippen LogP contribution in [0.1, 0.15) is 44.3 Å². The Hall–Kier alpha value is -1.04. The fourth-order valence-corrected chi connectivity index (χ4v) is 2.42. The van der Waals surface area contributed by atoms with Gasteiger partial charge in [-0.25, -0.2) is 0 Å². The van der Waals surface area contributed by atoms with E-state index < -0.39 is 7.12 Å². The normalized spacial score (nSPS) is 17.6. The lowest BCUT2D eigenvalue weighted by atomic mass is 9.78. The van der Waals surface area contributed by atoms with E-state index >= 15 is 0 Å². The average molecular weight is 263 g/mol. The minimum Gasteiger partial charge on any atom is -0.494 e. The van der Waals surface area contributed by atoms with E-state index in [4.69, 9.17) is 15.1 Å². The van der Waals surface area contributed by atoms with Crippen LogP contribution in [0.2, 0.25) is 0 Å². The summed E-state index contributed by atoms with van der Waals surface area (Å²) in [7, 11) is -0.921. The molecule has 2 rings (SSSR count). The van der Waals surface area contributed by atoms with Gasteiger partial charge in [-0.15, -0.1) is 0 Å². The predicted molar refractivity (Wildman–Crippen MR) is 76.6 cm³/mol. The molecule has 0 saturated carbocycles. The highest BCUT2D eigenvalue weighted by Crippen LogP contribution is 2.26. The first-order chi connectivity index (χ1) is 9.27. The largest absolute Gasteiger partial charge is 0.495 e. The van der Waals surface area contributed by atoms with E-state index in [0.29, 0.717) is 13.2 Å². The van der Waals surface area contributed by atoms with Gasteiger partial charge in [0, 0.05) is 12.0 Å². The third-order valence-corrected chi connectivity index (χ3v) is 3.46. The maximum Gasteiger partial charge on any atom is 0.495 e. The second-order valence-corrected chi connectivity index (χ2v) is 4.88. The number of fused-ring (bicyclic) bond motifs is 1. The molecule has 1 unspecified atom stereocenters. The van der Waals surface area contributed by atoms with Crippen LogP contribution in [0.15, 0.2) is 18.2 Å². The smallest absolute Gasteiger partial charge is 0.494 e. The zero-order valence-corrected chi connectivity index (χ0v) is 11.5. The molecule has 1 heterocycles. The molecule has 1 aliphatic heterocycles. The summed E-state index contributed by atoms with van der Waals surface area (Å²) in [5.74, 6) is 0.720. The summed E-state index contributed by atoms with van der Waals surface area (Å²) >= 11 is 0. The summed E-state index contributed by atoms with van der Waals surface area (Å²) in [5.41, 5.74) is 7.33. The minimum atomic E-state index is -0.921. The van der Waals surface area contributed by atoms with Gasteiger partial charge in [0.2, 0.25) is 0 Å². The number of nitrogens with two attached hydrogens (primary N) is 1. The molecule has 5 heteroatoms. The van der Waals surface area contributed by atoms with Gasteiger partial charge in [-0.05, 0) is 18.1 Å². The van der Waals surface area contributed by atoms with Gasteiger partial charge < -0.3 is 20.1 Å². The zero-order chi connectivity index (χ0) is 13.7. The van der Waals surface area contributed by atoms with Crippen LogP contribution in [0.5, 0.6) is 5.75 Å². The summed E-state index contributed by atoms with van der Waals surface area (Å²) in [6.07, 6.45) is 4.43. The Bertz CT molecular complexity index is 414. The number of hydrogen-bond donors (Lipinski definition) is 2. The summed E-state index contributed by atoms with van der Waals surface area (Å²) in [6, 6.07) is 5.74. The maximum atomic E-state index is 9.95. The first-order valence-corrected chi connectivity index (χ1v) is 7.07. The van der Waals surface area contributed by atoms with Gasteiger partial charge >= 0.3 is 7.12 Å². The number of hydrogen-bond acceptors (Lipinski definition) is 4. The summed E-state index contributed by atoms with van der Waals surface area (Å²) < 4.78 is 11.2. The SMILES string of the molecule is CCCCCCOc1cccc2c1B(O)OC2CN. The summed E-state index contributed by atoms with van der Waals surface area (Å²) in [5, 5.41) is 9.95. The molecule has 4 nitrogen and oxygen atoms in total. The lowest BCUT2D eigenvalue weighted by molar-refractivity contribution is 0.198. The second-order valence-electron chi connectivity index (χ2n) is 4.88. The molecule has 0 radical (unpaired) electrons. The van der Waals surface area contributed by atoms with Crippen molar-refractivity contribution in [1.29, 1.82) is 0 Å². The third-order valence-electron chi connectivity index (χ3n) is 3.46. The Labute approximate surface area is 115 Å². The van der Waals surface area contributed by atoms with Crippen LogP contribution in [0, 0.1) is 0 Å². The standard InChI is InChI=1S/C14H22BNO3/c1-2-3-4-5-9-18-12-8-6-7-11-13(10-16)19-15(17)14(11)12/h6-8,13,17H,2-5,9-10,16H2,1H3. The molecule has 1 aliphatic rings. The molecule has 1 aromatic carbocycles. The van der Waals surface area contributed by atoms with Gasteiger partial charge in [-0.3, -0.25) is 0 Å². The van der Waals surface area contributed by atoms with E-state index in [9.17, 15) is 5.02 Å². The Morgan fingerprint density at radius 3 is 2.95 bits per heavy atom. The molecule has 1 aromatic rings. The molecule has 19 heavy (non-hydrogen) atoms. The molecule has 0 bridgehead atoms. The lowest BCUT2D eigenvalue weighted by Gasteiger charge is -2.11. The lowest BCUT2D eigenvalue weighted by Crippen LogP contribution is -2.30. The van der Waals surface area contributed by atoms with Crippen LogP contribution in [-0.4, -0.2) is 25.3 Å². The molecular formula is C14H22BNO3. The van der Waals surface area contributed by atoms with E-state index in [-0.39, 0.29) is 6.10 Å². The molecule has 3 N–H and O–H groups in total. The van der Waals surface area contributed by atoms with Crippen molar-refractivity contribution < 1.29 is 14.4 Å². The molecule has 0 saturated heterocycles. The van der Waals surface area contributed by atoms with Gasteiger partial charge in [-0.1, -0.05) is 38.3 Å². The molecule has 0 spiro atoms. The van der Waals surface area contributed by atoms with Crippen molar-refractivity contribution in [3.63, 3.8) is 0 Å². The van der Waals surface area contributed by atoms with Gasteiger partial charge in [-0.2, -0.15) is 0 Å². The third kappa shape index (κ3) is 3.29. The fourth-order valence-electron chi connectivity index (χ4n) is 2.42. The highest BCUT2D eigenvalue weighted by atomic mass is 16.5. The first-order valence-electron chi connectivity index (χ1n) is 7.07. The zero-order valence-electron chi connectivity index (χ0n) is 11.5. The van der Waals surface area contributed by atoms with Crippen LogP contribution in [0.4, 0.5) is 0 Å². The van der Waals surface area contributed by atoms with Crippen molar-refractivity contribution in [3.8, 4) is 5.75 Å².